The molecule has 2 nitrogen and oxygen atoms in total. The molecule has 1 aromatic rings. The van der Waals surface area contributed by atoms with E-state index in [0.29, 0.717) is 16.0 Å². The van der Waals surface area contributed by atoms with Crippen LogP contribution in [0.3, 0.4) is 0 Å². The number of hydrogen-bond donors (Lipinski definition) is 0. The minimum Gasteiger partial charge on any atom is -0.366 e. The van der Waals surface area contributed by atoms with Crippen molar-refractivity contribution in [2.45, 2.75) is 13.8 Å². The Labute approximate surface area is 107 Å². The van der Waals surface area contributed by atoms with E-state index in [2.05, 4.69) is 18.8 Å². The minimum atomic E-state index is 0.365. The third kappa shape index (κ3) is 3.39. The molecular weight excluding hydrogens is 243 g/mol. The summed E-state index contributed by atoms with van der Waals surface area (Å²) in [6, 6.07) is 5.40. The van der Waals surface area contributed by atoms with E-state index < -0.39 is 0 Å². The first-order chi connectivity index (χ1) is 7.41. The number of aliphatic imine (C=N–C) groups is 1. The standard InChI is InChI=1S/C12H16Cl2N2/c1-8(2)12(16(3)4)15-9-5-6-10(13)11(14)7-9/h5-8H,1-4H3. The summed E-state index contributed by atoms with van der Waals surface area (Å²) in [5.74, 6) is 1.38. The van der Waals surface area contributed by atoms with Gasteiger partial charge in [-0.2, -0.15) is 0 Å². The Hall–Kier alpha value is -0.730. The van der Waals surface area contributed by atoms with Gasteiger partial charge in [0.15, 0.2) is 0 Å². The molecule has 16 heavy (non-hydrogen) atoms. The van der Waals surface area contributed by atoms with E-state index in [-0.39, 0.29) is 0 Å². The normalized spacial score (nSPS) is 12.1. The van der Waals surface area contributed by atoms with Crippen molar-refractivity contribution in [2.75, 3.05) is 14.1 Å². The Morgan fingerprint density at radius 3 is 2.25 bits per heavy atom. The third-order valence-corrected chi connectivity index (χ3v) is 2.86. The van der Waals surface area contributed by atoms with Crippen molar-refractivity contribution >= 4 is 34.7 Å². The van der Waals surface area contributed by atoms with E-state index in [4.69, 9.17) is 23.2 Å². The van der Waals surface area contributed by atoms with Crippen molar-refractivity contribution in [1.82, 2.24) is 4.90 Å². The van der Waals surface area contributed by atoms with Crippen molar-refractivity contribution < 1.29 is 0 Å². The molecule has 0 fully saturated rings. The third-order valence-electron chi connectivity index (χ3n) is 2.12. The largest absolute Gasteiger partial charge is 0.366 e. The molecule has 0 aliphatic carbocycles. The van der Waals surface area contributed by atoms with Gasteiger partial charge in [-0.25, -0.2) is 4.99 Å². The van der Waals surface area contributed by atoms with E-state index in [1.165, 1.54) is 0 Å². The van der Waals surface area contributed by atoms with E-state index >= 15 is 0 Å². The minimum absolute atomic E-state index is 0.365. The monoisotopic (exact) mass is 258 g/mol. The second kappa shape index (κ2) is 5.55. The molecular formula is C12H16Cl2N2. The van der Waals surface area contributed by atoms with Gasteiger partial charge in [0.05, 0.1) is 15.7 Å². The molecule has 0 heterocycles. The molecule has 0 unspecified atom stereocenters. The quantitative estimate of drug-likeness (QED) is 0.573. The molecule has 88 valence electrons. The van der Waals surface area contributed by atoms with E-state index in [9.17, 15) is 0 Å². The number of halogens is 2. The van der Waals surface area contributed by atoms with Gasteiger partial charge in [0.1, 0.15) is 5.84 Å². The molecule has 0 spiro atoms. The van der Waals surface area contributed by atoms with Crippen LogP contribution >= 0.6 is 23.2 Å². The Kier molecular flexibility index (Phi) is 4.63. The Bertz CT molecular complexity index is 388. The average Bonchev–Trinajstić information content (AvgIpc) is 2.18. The molecule has 0 bridgehead atoms. The molecule has 4 heteroatoms. The highest BCUT2D eigenvalue weighted by Crippen LogP contribution is 2.27. The van der Waals surface area contributed by atoms with Crippen molar-refractivity contribution in [3.63, 3.8) is 0 Å². The molecule has 0 N–H and O–H groups in total. The molecule has 0 amide bonds. The average molecular weight is 259 g/mol. The fraction of sp³-hybridized carbons (Fsp3) is 0.417. The number of rotatable bonds is 2. The van der Waals surface area contributed by atoms with Gasteiger partial charge >= 0.3 is 0 Å². The molecule has 1 aromatic carbocycles. The zero-order valence-corrected chi connectivity index (χ0v) is 11.5. The van der Waals surface area contributed by atoms with Crippen LogP contribution in [0.15, 0.2) is 23.2 Å². The lowest BCUT2D eigenvalue weighted by Crippen LogP contribution is -2.26. The van der Waals surface area contributed by atoms with Gasteiger partial charge in [0.25, 0.3) is 0 Å². The summed E-state index contributed by atoms with van der Waals surface area (Å²) in [4.78, 5) is 6.57. The second-order valence-corrected chi connectivity index (χ2v) is 4.93. The fourth-order valence-corrected chi connectivity index (χ4v) is 1.72. The summed E-state index contributed by atoms with van der Waals surface area (Å²) < 4.78 is 0. The summed E-state index contributed by atoms with van der Waals surface area (Å²) in [5, 5.41) is 1.08. The highest BCUT2D eigenvalue weighted by molar-refractivity contribution is 6.42. The Balaban J connectivity index is 3.08. The van der Waals surface area contributed by atoms with Crippen LogP contribution < -0.4 is 0 Å². The van der Waals surface area contributed by atoms with Crippen LogP contribution in [0.2, 0.25) is 10.0 Å². The molecule has 0 aromatic heterocycles. The van der Waals surface area contributed by atoms with Crippen LogP contribution in [-0.2, 0) is 0 Å². The van der Waals surface area contributed by atoms with Crippen LogP contribution in [0.1, 0.15) is 13.8 Å². The van der Waals surface area contributed by atoms with E-state index in [1.807, 2.05) is 25.1 Å². The van der Waals surface area contributed by atoms with Gasteiger partial charge in [-0.1, -0.05) is 37.0 Å². The topological polar surface area (TPSA) is 15.6 Å². The number of amidine groups is 1. The maximum Gasteiger partial charge on any atom is 0.107 e. The highest BCUT2D eigenvalue weighted by Gasteiger charge is 2.08. The van der Waals surface area contributed by atoms with Crippen LogP contribution in [0.25, 0.3) is 0 Å². The first kappa shape index (κ1) is 13.3. The molecule has 0 radical (unpaired) electrons. The van der Waals surface area contributed by atoms with E-state index in [1.54, 1.807) is 12.1 Å². The van der Waals surface area contributed by atoms with Gasteiger partial charge in [0.2, 0.25) is 0 Å². The summed E-state index contributed by atoms with van der Waals surface area (Å²) in [5.41, 5.74) is 0.826. The van der Waals surface area contributed by atoms with Crippen molar-refractivity contribution in [1.29, 1.82) is 0 Å². The van der Waals surface area contributed by atoms with Crippen LogP contribution in [0.4, 0.5) is 5.69 Å². The lowest BCUT2D eigenvalue weighted by Gasteiger charge is -2.19. The molecule has 0 atom stereocenters. The van der Waals surface area contributed by atoms with Gasteiger partial charge in [-0.15, -0.1) is 0 Å². The summed E-state index contributed by atoms with van der Waals surface area (Å²) >= 11 is 11.8. The molecule has 0 aliphatic rings. The van der Waals surface area contributed by atoms with Crippen molar-refractivity contribution in [3.8, 4) is 0 Å². The second-order valence-electron chi connectivity index (χ2n) is 4.12. The first-order valence-electron chi connectivity index (χ1n) is 5.12. The summed E-state index contributed by atoms with van der Waals surface area (Å²) in [7, 11) is 3.96. The van der Waals surface area contributed by atoms with Gasteiger partial charge < -0.3 is 4.90 Å². The predicted molar refractivity (Wildman–Crippen MR) is 72.1 cm³/mol. The SMILES string of the molecule is CC(C)C(=Nc1ccc(Cl)c(Cl)c1)N(C)C. The van der Waals surface area contributed by atoms with Crippen molar-refractivity contribution in [3.05, 3.63) is 28.2 Å². The van der Waals surface area contributed by atoms with Crippen LogP contribution in [0, 0.1) is 5.92 Å². The van der Waals surface area contributed by atoms with Gasteiger partial charge in [-0.3, -0.25) is 0 Å². The molecule has 0 saturated carbocycles. The maximum absolute atomic E-state index is 5.94. The molecule has 1 rings (SSSR count). The fourth-order valence-electron chi connectivity index (χ4n) is 1.43. The molecule has 0 aliphatic heterocycles. The Morgan fingerprint density at radius 2 is 1.81 bits per heavy atom. The lowest BCUT2D eigenvalue weighted by atomic mass is 10.2. The predicted octanol–water partition coefficient (Wildman–Crippen LogP) is 4.24. The highest BCUT2D eigenvalue weighted by atomic mass is 35.5. The smallest absolute Gasteiger partial charge is 0.107 e. The zero-order chi connectivity index (χ0) is 12.3. The maximum atomic E-state index is 5.94. The van der Waals surface area contributed by atoms with Crippen LogP contribution in [-0.4, -0.2) is 24.8 Å². The van der Waals surface area contributed by atoms with Crippen LogP contribution in [0.5, 0.6) is 0 Å². The summed E-state index contributed by atoms with van der Waals surface area (Å²) in [6.45, 7) is 4.21. The first-order valence-corrected chi connectivity index (χ1v) is 5.88. The van der Waals surface area contributed by atoms with Gasteiger partial charge in [-0.05, 0) is 18.2 Å². The van der Waals surface area contributed by atoms with Crippen molar-refractivity contribution in [2.24, 2.45) is 10.9 Å². The summed E-state index contributed by atoms with van der Waals surface area (Å²) in [6.07, 6.45) is 0. The Morgan fingerprint density at radius 1 is 1.19 bits per heavy atom. The molecule has 0 saturated heterocycles. The number of nitrogens with zero attached hydrogens (tertiary/aromatic N) is 2. The lowest BCUT2D eigenvalue weighted by molar-refractivity contribution is 0.575. The number of hydrogen-bond acceptors (Lipinski definition) is 1. The van der Waals surface area contributed by atoms with Gasteiger partial charge in [0, 0.05) is 20.0 Å². The number of benzene rings is 1. The zero-order valence-electron chi connectivity index (χ0n) is 9.96. The van der Waals surface area contributed by atoms with E-state index in [0.717, 1.165) is 11.5 Å².